The van der Waals surface area contributed by atoms with Gasteiger partial charge in [0.05, 0.1) is 0 Å². The molecule has 0 aliphatic rings. The molecule has 1 rings (SSSR count). The zero-order valence-corrected chi connectivity index (χ0v) is 9.71. The highest BCUT2D eigenvalue weighted by atomic mass is 32.2. The minimum Gasteiger partial charge on any atom is -0.293 e. The predicted octanol–water partition coefficient (Wildman–Crippen LogP) is 1.01. The minimum absolute atomic E-state index is 0.341. The second-order valence-electron chi connectivity index (χ2n) is 3.59. The largest absolute Gasteiger partial charge is 0.293 e. The number of aryl methyl sites for hydroxylation is 1. The van der Waals surface area contributed by atoms with Gasteiger partial charge in [0.15, 0.2) is 15.6 Å². The van der Waals surface area contributed by atoms with Crippen LogP contribution in [0.15, 0.2) is 18.5 Å². The van der Waals surface area contributed by atoms with Crippen LogP contribution in [0.2, 0.25) is 0 Å². The first-order valence-electron chi connectivity index (χ1n) is 4.47. The van der Waals surface area contributed by atoms with Crippen LogP contribution in [0.4, 0.5) is 0 Å². The summed E-state index contributed by atoms with van der Waals surface area (Å²) >= 11 is 0. The number of nitrogens with zero attached hydrogens (tertiary/aromatic N) is 1. The van der Waals surface area contributed by atoms with E-state index in [2.05, 4.69) is 4.98 Å². The Bertz CT molecular complexity index is 479. The van der Waals surface area contributed by atoms with E-state index in [1.165, 1.54) is 13.1 Å². The average Bonchev–Trinajstić information content (AvgIpc) is 2.14. The number of rotatable bonds is 3. The Kier molecular flexibility index (Phi) is 3.24. The second-order valence-corrected chi connectivity index (χ2v) is 5.95. The molecule has 4 nitrogen and oxygen atoms in total. The first kappa shape index (κ1) is 11.8. The maximum absolute atomic E-state index is 11.7. The van der Waals surface area contributed by atoms with Crippen LogP contribution in [0, 0.1) is 6.92 Å². The quantitative estimate of drug-likeness (QED) is 0.723. The van der Waals surface area contributed by atoms with Gasteiger partial charge in [0.2, 0.25) is 0 Å². The van der Waals surface area contributed by atoms with Crippen molar-refractivity contribution in [3.05, 3.63) is 29.6 Å². The number of sulfone groups is 1. The number of carbonyl (C=O) groups is 1. The molecule has 0 spiro atoms. The summed E-state index contributed by atoms with van der Waals surface area (Å²) in [6.07, 6.45) is 4.05. The van der Waals surface area contributed by atoms with Gasteiger partial charge in [-0.1, -0.05) is 0 Å². The van der Waals surface area contributed by atoms with Gasteiger partial charge in [0.1, 0.15) is 5.25 Å². The highest BCUT2D eigenvalue weighted by Gasteiger charge is 2.24. The predicted molar refractivity (Wildman–Crippen MR) is 57.6 cm³/mol. The van der Waals surface area contributed by atoms with E-state index in [-0.39, 0.29) is 0 Å². The van der Waals surface area contributed by atoms with Crippen molar-refractivity contribution >= 4 is 15.6 Å². The molecule has 1 aromatic rings. The Balaban J connectivity index is 3.06. The minimum atomic E-state index is -3.34. The second kappa shape index (κ2) is 4.10. The lowest BCUT2D eigenvalue weighted by molar-refractivity contribution is 0.0991. The van der Waals surface area contributed by atoms with Crippen molar-refractivity contribution in [3.8, 4) is 0 Å². The number of carbonyl (C=O) groups excluding carboxylic acids is 1. The van der Waals surface area contributed by atoms with Gasteiger partial charge in [0, 0.05) is 24.2 Å². The maximum Gasteiger partial charge on any atom is 0.182 e. The van der Waals surface area contributed by atoms with E-state index in [0.717, 1.165) is 11.8 Å². The van der Waals surface area contributed by atoms with Gasteiger partial charge in [0.25, 0.3) is 0 Å². The smallest absolute Gasteiger partial charge is 0.182 e. The number of hydrogen-bond donors (Lipinski definition) is 0. The van der Waals surface area contributed by atoms with Crippen molar-refractivity contribution in [2.75, 3.05) is 6.26 Å². The Morgan fingerprint density at radius 3 is 2.47 bits per heavy atom. The van der Waals surface area contributed by atoms with Gasteiger partial charge in [-0.2, -0.15) is 0 Å². The third-order valence-electron chi connectivity index (χ3n) is 2.17. The van der Waals surface area contributed by atoms with E-state index in [9.17, 15) is 13.2 Å². The zero-order valence-electron chi connectivity index (χ0n) is 8.89. The number of Topliss-reactive ketones (excluding diaryl/α,β-unsaturated/α-hetero) is 1. The maximum atomic E-state index is 11.7. The number of hydrogen-bond acceptors (Lipinski definition) is 4. The molecule has 0 aromatic carbocycles. The monoisotopic (exact) mass is 227 g/mol. The number of pyridine rings is 1. The molecule has 0 aliphatic heterocycles. The van der Waals surface area contributed by atoms with Crippen LogP contribution in [0.3, 0.4) is 0 Å². The van der Waals surface area contributed by atoms with Crippen molar-refractivity contribution in [3.63, 3.8) is 0 Å². The molecule has 1 atom stereocenters. The van der Waals surface area contributed by atoms with Gasteiger partial charge >= 0.3 is 0 Å². The molecule has 1 heterocycles. The molecule has 0 bridgehead atoms. The van der Waals surface area contributed by atoms with E-state index in [4.69, 9.17) is 0 Å². The normalized spacial score (nSPS) is 13.5. The van der Waals surface area contributed by atoms with Gasteiger partial charge in [-0.3, -0.25) is 9.78 Å². The van der Waals surface area contributed by atoms with Gasteiger partial charge in [-0.15, -0.1) is 0 Å². The molecule has 1 aromatic heterocycles. The van der Waals surface area contributed by atoms with Crippen molar-refractivity contribution in [1.29, 1.82) is 0 Å². The molecule has 5 heteroatoms. The van der Waals surface area contributed by atoms with Crippen LogP contribution < -0.4 is 0 Å². The highest BCUT2D eigenvalue weighted by molar-refractivity contribution is 7.92. The van der Waals surface area contributed by atoms with Crippen LogP contribution in [-0.4, -0.2) is 30.7 Å². The summed E-state index contributed by atoms with van der Waals surface area (Å²) in [4.78, 5) is 15.6. The van der Waals surface area contributed by atoms with E-state index in [1.807, 2.05) is 0 Å². The SMILES string of the molecule is Cc1cncc(C(=O)C(C)S(C)(=O)=O)c1. The summed E-state index contributed by atoms with van der Waals surface area (Å²) < 4.78 is 22.4. The fraction of sp³-hybridized carbons (Fsp3) is 0.400. The lowest BCUT2D eigenvalue weighted by Crippen LogP contribution is -2.26. The summed E-state index contributed by atoms with van der Waals surface area (Å²) in [6, 6.07) is 1.64. The average molecular weight is 227 g/mol. The molecule has 0 fully saturated rings. The van der Waals surface area contributed by atoms with E-state index < -0.39 is 20.9 Å². The Labute approximate surface area is 89.3 Å². The summed E-state index contributed by atoms with van der Waals surface area (Å²) in [5, 5.41) is -1.01. The highest BCUT2D eigenvalue weighted by Crippen LogP contribution is 2.09. The lowest BCUT2D eigenvalue weighted by atomic mass is 10.1. The number of aromatic nitrogens is 1. The zero-order chi connectivity index (χ0) is 11.6. The van der Waals surface area contributed by atoms with Crippen molar-refractivity contribution < 1.29 is 13.2 Å². The molecule has 0 amide bonds. The fourth-order valence-corrected chi connectivity index (χ4v) is 1.64. The molecule has 0 radical (unpaired) electrons. The fourth-order valence-electron chi connectivity index (χ4n) is 1.12. The molecule has 0 aliphatic carbocycles. The summed E-state index contributed by atoms with van der Waals surface area (Å²) in [5.74, 6) is -0.409. The summed E-state index contributed by atoms with van der Waals surface area (Å²) in [6.45, 7) is 3.19. The van der Waals surface area contributed by atoms with Gasteiger partial charge in [-0.25, -0.2) is 8.42 Å². The van der Waals surface area contributed by atoms with Crippen LogP contribution in [0.25, 0.3) is 0 Å². The third-order valence-corrected chi connectivity index (χ3v) is 3.67. The van der Waals surface area contributed by atoms with Crippen LogP contribution in [0.5, 0.6) is 0 Å². The van der Waals surface area contributed by atoms with Crippen molar-refractivity contribution in [2.24, 2.45) is 0 Å². The lowest BCUT2D eigenvalue weighted by Gasteiger charge is -2.07. The molecule has 0 saturated carbocycles. The van der Waals surface area contributed by atoms with Crippen LogP contribution >= 0.6 is 0 Å². The van der Waals surface area contributed by atoms with E-state index in [0.29, 0.717) is 5.56 Å². The van der Waals surface area contributed by atoms with E-state index in [1.54, 1.807) is 19.2 Å². The van der Waals surface area contributed by atoms with Crippen molar-refractivity contribution in [1.82, 2.24) is 4.98 Å². The van der Waals surface area contributed by atoms with Crippen LogP contribution in [0.1, 0.15) is 22.8 Å². The first-order valence-corrected chi connectivity index (χ1v) is 6.42. The molecular formula is C10H13NO3S. The van der Waals surface area contributed by atoms with E-state index >= 15 is 0 Å². The summed E-state index contributed by atoms with van der Waals surface area (Å²) in [7, 11) is -3.34. The Morgan fingerprint density at radius 1 is 1.40 bits per heavy atom. The molecule has 0 N–H and O–H groups in total. The molecule has 82 valence electrons. The van der Waals surface area contributed by atoms with Crippen molar-refractivity contribution in [2.45, 2.75) is 19.1 Å². The molecule has 1 unspecified atom stereocenters. The van der Waals surface area contributed by atoms with Gasteiger partial charge < -0.3 is 0 Å². The summed E-state index contributed by atoms with van der Waals surface area (Å²) in [5.41, 5.74) is 1.18. The number of ketones is 1. The standard InChI is InChI=1S/C10H13NO3S/c1-7-4-9(6-11-5-7)10(12)8(2)15(3,13)14/h4-6,8H,1-3H3. The third kappa shape index (κ3) is 2.86. The molecule has 0 saturated heterocycles. The first-order chi connectivity index (χ1) is 6.82. The Hall–Kier alpha value is -1.23. The Morgan fingerprint density at radius 2 is 2.00 bits per heavy atom. The van der Waals surface area contributed by atoms with Gasteiger partial charge in [-0.05, 0) is 25.5 Å². The van der Waals surface area contributed by atoms with Crippen LogP contribution in [-0.2, 0) is 9.84 Å². The topological polar surface area (TPSA) is 64.1 Å². The molecular weight excluding hydrogens is 214 g/mol. The molecule has 15 heavy (non-hydrogen) atoms.